The molecule has 1 amide bonds. The number of hydrogen-bond acceptors (Lipinski definition) is 4. The van der Waals surface area contributed by atoms with Gasteiger partial charge in [0.2, 0.25) is 0 Å². The van der Waals surface area contributed by atoms with E-state index in [0.29, 0.717) is 24.1 Å². The summed E-state index contributed by atoms with van der Waals surface area (Å²) in [6.45, 7) is 1.41. The number of aromatic nitrogens is 3. The molecule has 1 saturated carbocycles. The van der Waals surface area contributed by atoms with Crippen molar-refractivity contribution in [2.24, 2.45) is 0 Å². The monoisotopic (exact) mass is 327 g/mol. The number of rotatable bonds is 6. The number of nitrogens with zero attached hydrogens (tertiary/aromatic N) is 3. The van der Waals surface area contributed by atoms with E-state index in [1.165, 1.54) is 38.5 Å². The van der Waals surface area contributed by atoms with Gasteiger partial charge in [-0.1, -0.05) is 31.7 Å². The van der Waals surface area contributed by atoms with Gasteiger partial charge in [-0.2, -0.15) is 5.10 Å². The molecule has 6 heteroatoms. The van der Waals surface area contributed by atoms with Gasteiger partial charge in [-0.05, 0) is 31.0 Å². The van der Waals surface area contributed by atoms with E-state index in [4.69, 9.17) is 0 Å². The van der Waals surface area contributed by atoms with Crippen molar-refractivity contribution in [1.29, 1.82) is 0 Å². The zero-order valence-corrected chi connectivity index (χ0v) is 13.9. The van der Waals surface area contributed by atoms with E-state index in [0.717, 1.165) is 6.54 Å². The Bertz CT molecular complexity index is 633. The van der Waals surface area contributed by atoms with Gasteiger partial charge in [-0.15, -0.1) is 0 Å². The third-order valence-electron chi connectivity index (χ3n) is 4.40. The minimum atomic E-state index is -0.147. The zero-order chi connectivity index (χ0) is 16.6. The van der Waals surface area contributed by atoms with Crippen molar-refractivity contribution < 1.29 is 4.79 Å². The maximum absolute atomic E-state index is 12.2. The molecule has 1 aliphatic carbocycles. The highest BCUT2D eigenvalue weighted by Crippen LogP contribution is 2.16. The van der Waals surface area contributed by atoms with E-state index in [-0.39, 0.29) is 5.91 Å². The van der Waals surface area contributed by atoms with Crippen molar-refractivity contribution in [3.63, 3.8) is 0 Å². The lowest BCUT2D eigenvalue weighted by Crippen LogP contribution is -2.37. The molecule has 6 nitrogen and oxygen atoms in total. The van der Waals surface area contributed by atoms with Gasteiger partial charge in [0.15, 0.2) is 5.82 Å². The van der Waals surface area contributed by atoms with Crippen molar-refractivity contribution in [1.82, 2.24) is 25.4 Å². The van der Waals surface area contributed by atoms with Gasteiger partial charge in [-0.3, -0.25) is 4.79 Å². The minimum Gasteiger partial charge on any atom is -0.349 e. The fraction of sp³-hybridized carbons (Fsp3) is 0.500. The molecule has 2 heterocycles. The van der Waals surface area contributed by atoms with Crippen molar-refractivity contribution >= 4 is 5.91 Å². The van der Waals surface area contributed by atoms with Gasteiger partial charge in [-0.25, -0.2) is 9.67 Å². The molecule has 1 fully saturated rings. The Morgan fingerprint density at radius 1 is 1.12 bits per heavy atom. The molecule has 2 aromatic heterocycles. The van der Waals surface area contributed by atoms with Crippen LogP contribution in [-0.2, 0) is 0 Å². The highest BCUT2D eigenvalue weighted by molar-refractivity contribution is 5.92. The topological polar surface area (TPSA) is 71.8 Å². The van der Waals surface area contributed by atoms with Crippen molar-refractivity contribution in [2.75, 3.05) is 13.1 Å². The highest BCUT2D eigenvalue weighted by atomic mass is 16.1. The second kappa shape index (κ2) is 8.59. The van der Waals surface area contributed by atoms with Gasteiger partial charge >= 0.3 is 0 Å². The van der Waals surface area contributed by atoms with Crippen LogP contribution in [0.2, 0.25) is 0 Å². The summed E-state index contributed by atoms with van der Waals surface area (Å²) >= 11 is 0. The average Bonchev–Trinajstić information content (AvgIpc) is 3.03. The Morgan fingerprint density at radius 3 is 2.71 bits per heavy atom. The molecule has 0 saturated heterocycles. The molecule has 128 valence electrons. The van der Waals surface area contributed by atoms with Gasteiger partial charge in [0, 0.05) is 31.5 Å². The summed E-state index contributed by atoms with van der Waals surface area (Å²) in [4.78, 5) is 16.6. The van der Waals surface area contributed by atoms with Crippen molar-refractivity contribution in [2.45, 2.75) is 44.6 Å². The number of pyridine rings is 1. The fourth-order valence-electron chi connectivity index (χ4n) is 3.11. The molecule has 0 unspecified atom stereocenters. The summed E-state index contributed by atoms with van der Waals surface area (Å²) in [5.74, 6) is 0.496. The lowest BCUT2D eigenvalue weighted by atomic mass is 10.1. The van der Waals surface area contributed by atoms with E-state index >= 15 is 0 Å². The smallest absolute Gasteiger partial charge is 0.270 e. The predicted octanol–water partition coefficient (Wildman–Crippen LogP) is 2.31. The number of carbonyl (C=O) groups is 1. The van der Waals surface area contributed by atoms with Crippen LogP contribution >= 0.6 is 0 Å². The summed E-state index contributed by atoms with van der Waals surface area (Å²) in [5, 5.41) is 10.6. The summed E-state index contributed by atoms with van der Waals surface area (Å²) < 4.78 is 1.64. The van der Waals surface area contributed by atoms with Crippen molar-refractivity contribution in [3.05, 3.63) is 42.4 Å². The summed E-state index contributed by atoms with van der Waals surface area (Å²) in [7, 11) is 0. The fourth-order valence-corrected chi connectivity index (χ4v) is 3.11. The first-order chi connectivity index (χ1) is 11.8. The molecular formula is C18H25N5O. The summed E-state index contributed by atoms with van der Waals surface area (Å²) in [5.41, 5.74) is 0.414. The number of nitrogens with one attached hydrogen (secondary N) is 2. The van der Waals surface area contributed by atoms with E-state index < -0.39 is 0 Å². The molecular weight excluding hydrogens is 302 g/mol. The molecule has 0 aliphatic heterocycles. The average molecular weight is 327 g/mol. The number of amides is 1. The largest absolute Gasteiger partial charge is 0.349 e. The first-order valence-corrected chi connectivity index (χ1v) is 8.81. The minimum absolute atomic E-state index is 0.147. The maximum atomic E-state index is 12.2. The Kier molecular flexibility index (Phi) is 5.96. The van der Waals surface area contributed by atoms with Crippen LogP contribution in [0.1, 0.15) is 49.0 Å². The molecule has 0 atom stereocenters. The second-order valence-electron chi connectivity index (χ2n) is 6.23. The van der Waals surface area contributed by atoms with Crippen molar-refractivity contribution in [3.8, 4) is 5.82 Å². The Morgan fingerprint density at radius 2 is 1.96 bits per heavy atom. The molecule has 1 aliphatic rings. The first kappa shape index (κ1) is 16.6. The molecule has 0 aromatic carbocycles. The van der Waals surface area contributed by atoms with E-state index in [1.54, 1.807) is 23.1 Å². The van der Waals surface area contributed by atoms with Gasteiger partial charge < -0.3 is 10.6 Å². The second-order valence-corrected chi connectivity index (χ2v) is 6.23. The predicted molar refractivity (Wildman–Crippen MR) is 93.2 cm³/mol. The van der Waals surface area contributed by atoms with Crippen LogP contribution in [0, 0.1) is 0 Å². The molecule has 0 radical (unpaired) electrons. The van der Waals surface area contributed by atoms with Gasteiger partial charge in [0.25, 0.3) is 5.91 Å². The summed E-state index contributed by atoms with van der Waals surface area (Å²) in [6, 6.07) is 7.81. The molecule has 2 N–H and O–H groups in total. The molecule has 0 spiro atoms. The van der Waals surface area contributed by atoms with Crippen LogP contribution < -0.4 is 10.6 Å². The molecule has 2 aromatic rings. The number of hydrogen-bond donors (Lipinski definition) is 2. The zero-order valence-electron chi connectivity index (χ0n) is 13.9. The van der Waals surface area contributed by atoms with Crippen LogP contribution in [0.5, 0.6) is 0 Å². The van der Waals surface area contributed by atoms with Crippen LogP contribution in [0.25, 0.3) is 5.82 Å². The Labute approximate surface area is 142 Å². The van der Waals surface area contributed by atoms with Gasteiger partial charge in [0.1, 0.15) is 5.69 Å². The van der Waals surface area contributed by atoms with E-state index in [9.17, 15) is 4.79 Å². The first-order valence-electron chi connectivity index (χ1n) is 8.81. The van der Waals surface area contributed by atoms with Crippen LogP contribution in [-0.4, -0.2) is 39.8 Å². The van der Waals surface area contributed by atoms with Crippen LogP contribution in [0.4, 0.5) is 0 Å². The lowest BCUT2D eigenvalue weighted by Gasteiger charge is -2.16. The van der Waals surface area contributed by atoms with Crippen LogP contribution in [0.15, 0.2) is 36.7 Å². The molecule has 24 heavy (non-hydrogen) atoms. The molecule has 3 rings (SSSR count). The SMILES string of the molecule is O=C(NCCNC1CCCCCC1)c1cccc(-n2cccn2)n1. The van der Waals surface area contributed by atoms with Crippen LogP contribution in [0.3, 0.4) is 0 Å². The Balaban J connectivity index is 1.46. The quantitative estimate of drug-likeness (QED) is 0.631. The maximum Gasteiger partial charge on any atom is 0.270 e. The standard InChI is InChI=1S/C18H25N5O/c24-18(20-13-12-19-15-7-3-1-2-4-8-15)16-9-5-10-17(22-16)23-14-6-11-21-23/h5-6,9-11,14-15,19H,1-4,7-8,12-13H2,(H,20,24). The highest BCUT2D eigenvalue weighted by Gasteiger charge is 2.12. The number of carbonyl (C=O) groups excluding carboxylic acids is 1. The molecule has 0 bridgehead atoms. The normalized spacial score (nSPS) is 15.8. The van der Waals surface area contributed by atoms with Gasteiger partial charge in [0.05, 0.1) is 0 Å². The Hall–Kier alpha value is -2.21. The summed E-state index contributed by atoms with van der Waals surface area (Å²) in [6.07, 6.45) is 11.3. The lowest BCUT2D eigenvalue weighted by molar-refractivity contribution is 0.0948. The third-order valence-corrected chi connectivity index (χ3v) is 4.40. The van der Waals surface area contributed by atoms with E-state index in [1.807, 2.05) is 18.2 Å². The van der Waals surface area contributed by atoms with E-state index in [2.05, 4.69) is 20.7 Å². The third kappa shape index (κ3) is 4.64.